The van der Waals surface area contributed by atoms with Gasteiger partial charge in [-0.3, -0.25) is 0 Å². The summed E-state index contributed by atoms with van der Waals surface area (Å²) in [5.41, 5.74) is 4.02. The van der Waals surface area contributed by atoms with E-state index in [-0.39, 0.29) is 6.10 Å². The number of aliphatic hydroxyl groups is 1. The summed E-state index contributed by atoms with van der Waals surface area (Å²) < 4.78 is 13.1. The quantitative estimate of drug-likeness (QED) is 0.709. The zero-order valence-electron chi connectivity index (χ0n) is 14.8. The van der Waals surface area contributed by atoms with E-state index in [4.69, 9.17) is 14.5 Å². The van der Waals surface area contributed by atoms with Gasteiger partial charge >= 0.3 is 0 Å². The van der Waals surface area contributed by atoms with Crippen LogP contribution in [0.4, 0.5) is 0 Å². The molecule has 1 N–H and O–H groups in total. The molecule has 1 aliphatic rings. The molecule has 1 aliphatic heterocycles. The van der Waals surface area contributed by atoms with Crippen LogP contribution < -0.4 is 0 Å². The van der Waals surface area contributed by atoms with E-state index in [1.165, 1.54) is 0 Å². The van der Waals surface area contributed by atoms with Crippen molar-refractivity contribution in [2.24, 2.45) is 0 Å². The first-order chi connectivity index (χ1) is 12.8. The average molecular weight is 353 g/mol. The number of ether oxygens (including phenoxy) is 2. The van der Waals surface area contributed by atoms with Crippen molar-refractivity contribution in [1.29, 1.82) is 0 Å². The molecule has 26 heavy (non-hydrogen) atoms. The van der Waals surface area contributed by atoms with Crippen LogP contribution >= 0.6 is 0 Å². The highest BCUT2D eigenvalue weighted by molar-refractivity contribution is 5.62. The second-order valence-corrected chi connectivity index (χ2v) is 6.43. The predicted molar refractivity (Wildman–Crippen MR) is 97.6 cm³/mol. The second-order valence-electron chi connectivity index (χ2n) is 6.43. The Morgan fingerprint density at radius 2 is 2.12 bits per heavy atom. The molecule has 3 heterocycles. The summed E-state index contributed by atoms with van der Waals surface area (Å²) in [6, 6.07) is 13.9. The van der Waals surface area contributed by atoms with Crippen molar-refractivity contribution < 1.29 is 14.6 Å². The number of hydrogen-bond donors (Lipinski definition) is 1. The van der Waals surface area contributed by atoms with Gasteiger partial charge in [0.05, 0.1) is 17.5 Å². The molecule has 0 amide bonds. The fourth-order valence-corrected chi connectivity index (χ4v) is 3.34. The van der Waals surface area contributed by atoms with E-state index >= 15 is 0 Å². The minimum atomic E-state index is -1.05. The van der Waals surface area contributed by atoms with Gasteiger partial charge in [0, 0.05) is 24.8 Å². The molecule has 136 valence electrons. The van der Waals surface area contributed by atoms with Gasteiger partial charge in [0.1, 0.15) is 5.69 Å². The molecule has 0 aliphatic carbocycles. The highest BCUT2D eigenvalue weighted by atomic mass is 16.6. The largest absolute Gasteiger partial charge is 0.372 e. The zero-order chi connectivity index (χ0) is 17.9. The number of benzene rings is 1. The van der Waals surface area contributed by atoms with Gasteiger partial charge < -0.3 is 14.6 Å². The maximum Gasteiger partial charge on any atom is 0.200 e. The number of hydrogen-bond acceptors (Lipinski definition) is 5. The fraction of sp³-hybridized carbons (Fsp3) is 0.400. The standard InChI is InChI=1S/C20H23N3O3/c1-2-25-20(24)16-13-19-21-15(14-8-4-3-5-9-14)12-17(23(19)22-16)18-10-6-7-11-26-18/h3-5,8-9,12-13,18,20,24H,2,6-7,10-11H2,1H3. The van der Waals surface area contributed by atoms with Crippen LogP contribution in [0.15, 0.2) is 42.5 Å². The summed E-state index contributed by atoms with van der Waals surface area (Å²) in [6.07, 6.45) is 2.10. The summed E-state index contributed by atoms with van der Waals surface area (Å²) in [5, 5.41) is 14.7. The molecule has 1 saturated heterocycles. The Balaban J connectivity index is 1.84. The van der Waals surface area contributed by atoms with Gasteiger partial charge in [0.2, 0.25) is 0 Å². The number of nitrogens with zero attached hydrogens (tertiary/aromatic N) is 3. The van der Waals surface area contributed by atoms with E-state index in [1.54, 1.807) is 10.6 Å². The van der Waals surface area contributed by atoms with Crippen molar-refractivity contribution in [1.82, 2.24) is 14.6 Å². The summed E-state index contributed by atoms with van der Waals surface area (Å²) in [4.78, 5) is 4.74. The zero-order valence-corrected chi connectivity index (χ0v) is 14.8. The Morgan fingerprint density at radius 3 is 2.85 bits per heavy atom. The molecule has 0 saturated carbocycles. The van der Waals surface area contributed by atoms with Crippen LogP contribution in [-0.4, -0.2) is 32.9 Å². The fourth-order valence-electron chi connectivity index (χ4n) is 3.34. The molecule has 3 aromatic rings. The van der Waals surface area contributed by atoms with Crippen molar-refractivity contribution >= 4 is 5.65 Å². The lowest BCUT2D eigenvalue weighted by Crippen LogP contribution is -2.16. The van der Waals surface area contributed by atoms with E-state index in [0.717, 1.165) is 42.8 Å². The lowest BCUT2D eigenvalue weighted by atomic mass is 10.0. The molecule has 2 atom stereocenters. The Bertz CT molecular complexity index is 873. The van der Waals surface area contributed by atoms with Crippen molar-refractivity contribution in [2.75, 3.05) is 13.2 Å². The van der Waals surface area contributed by atoms with Crippen LogP contribution in [0.25, 0.3) is 16.9 Å². The van der Waals surface area contributed by atoms with Gasteiger partial charge in [-0.25, -0.2) is 9.50 Å². The highest BCUT2D eigenvalue weighted by Gasteiger charge is 2.23. The minimum Gasteiger partial charge on any atom is -0.372 e. The summed E-state index contributed by atoms with van der Waals surface area (Å²) in [7, 11) is 0. The van der Waals surface area contributed by atoms with E-state index in [9.17, 15) is 5.11 Å². The lowest BCUT2D eigenvalue weighted by Gasteiger charge is -2.23. The molecular weight excluding hydrogens is 330 g/mol. The number of fused-ring (bicyclic) bond motifs is 1. The molecule has 6 heteroatoms. The second kappa shape index (κ2) is 7.53. The first kappa shape index (κ1) is 17.1. The number of aromatic nitrogens is 3. The molecular formula is C20H23N3O3. The molecule has 0 spiro atoms. The number of aliphatic hydroxyl groups excluding tert-OH is 1. The average Bonchev–Trinajstić information content (AvgIpc) is 3.13. The first-order valence-electron chi connectivity index (χ1n) is 9.13. The Hall–Kier alpha value is -2.28. The van der Waals surface area contributed by atoms with Gasteiger partial charge in [-0.05, 0) is 32.3 Å². The molecule has 1 fully saturated rings. The maximum atomic E-state index is 10.2. The normalized spacial score (nSPS) is 18.9. The lowest BCUT2D eigenvalue weighted by molar-refractivity contribution is -0.101. The molecule has 1 aromatic carbocycles. The van der Waals surface area contributed by atoms with Crippen LogP contribution in [0.1, 0.15) is 50.0 Å². The summed E-state index contributed by atoms with van der Waals surface area (Å²) in [5.74, 6) is 0. The maximum absolute atomic E-state index is 10.2. The van der Waals surface area contributed by atoms with E-state index in [1.807, 2.05) is 43.3 Å². The van der Waals surface area contributed by atoms with Crippen molar-refractivity contribution in [3.63, 3.8) is 0 Å². The van der Waals surface area contributed by atoms with Crippen molar-refractivity contribution in [2.45, 2.75) is 38.6 Å². The van der Waals surface area contributed by atoms with Crippen LogP contribution in [0, 0.1) is 0 Å². The van der Waals surface area contributed by atoms with Crippen LogP contribution in [-0.2, 0) is 9.47 Å². The van der Waals surface area contributed by atoms with E-state index in [0.29, 0.717) is 17.9 Å². The summed E-state index contributed by atoms with van der Waals surface area (Å²) in [6.45, 7) is 3.01. The smallest absolute Gasteiger partial charge is 0.200 e. The molecule has 2 unspecified atom stereocenters. The molecule has 4 rings (SSSR count). The van der Waals surface area contributed by atoms with Gasteiger partial charge in [-0.1, -0.05) is 30.3 Å². The van der Waals surface area contributed by atoms with Crippen LogP contribution in [0.5, 0.6) is 0 Å². The third kappa shape index (κ3) is 3.35. The van der Waals surface area contributed by atoms with Gasteiger partial charge in [0.15, 0.2) is 11.9 Å². The molecule has 0 radical (unpaired) electrons. The molecule has 0 bridgehead atoms. The van der Waals surface area contributed by atoms with E-state index in [2.05, 4.69) is 5.10 Å². The minimum absolute atomic E-state index is 0.0197. The summed E-state index contributed by atoms with van der Waals surface area (Å²) >= 11 is 0. The molecule has 6 nitrogen and oxygen atoms in total. The Morgan fingerprint density at radius 1 is 1.27 bits per heavy atom. The molecule has 2 aromatic heterocycles. The van der Waals surface area contributed by atoms with Gasteiger partial charge in [-0.15, -0.1) is 0 Å². The predicted octanol–water partition coefficient (Wildman–Crippen LogP) is 3.67. The SMILES string of the molecule is CCOC(O)c1cc2nc(-c3ccccc3)cc(C3CCCCO3)n2n1. The van der Waals surface area contributed by atoms with Crippen molar-refractivity contribution in [3.05, 3.63) is 53.9 Å². The van der Waals surface area contributed by atoms with Crippen LogP contribution in [0.2, 0.25) is 0 Å². The number of rotatable bonds is 5. The third-order valence-corrected chi connectivity index (χ3v) is 4.63. The highest BCUT2D eigenvalue weighted by Crippen LogP contribution is 2.31. The van der Waals surface area contributed by atoms with Gasteiger partial charge in [0.25, 0.3) is 0 Å². The van der Waals surface area contributed by atoms with Crippen LogP contribution in [0.3, 0.4) is 0 Å². The third-order valence-electron chi connectivity index (χ3n) is 4.63. The first-order valence-corrected chi connectivity index (χ1v) is 9.13. The van der Waals surface area contributed by atoms with E-state index < -0.39 is 6.29 Å². The Labute approximate surface area is 152 Å². The van der Waals surface area contributed by atoms with Gasteiger partial charge in [-0.2, -0.15) is 5.10 Å². The Kier molecular flexibility index (Phi) is 4.97. The topological polar surface area (TPSA) is 68.9 Å². The monoisotopic (exact) mass is 353 g/mol. The van der Waals surface area contributed by atoms with Crippen molar-refractivity contribution in [3.8, 4) is 11.3 Å².